The molecule has 10 heteroatoms. The topological polar surface area (TPSA) is 123 Å². The fourth-order valence-electron chi connectivity index (χ4n) is 3.02. The summed E-state index contributed by atoms with van der Waals surface area (Å²) in [6.07, 6.45) is 1.08. The molecular weight excluding hydrogens is 368 g/mol. The maximum absolute atomic E-state index is 12.8. The third-order valence-electron chi connectivity index (χ3n) is 4.55. The van der Waals surface area contributed by atoms with Crippen molar-refractivity contribution in [2.24, 2.45) is 5.10 Å². The zero-order valence-electron chi connectivity index (χ0n) is 14.6. The number of hydrogen-bond acceptors (Lipinski definition) is 7. The van der Waals surface area contributed by atoms with Gasteiger partial charge in [-0.05, 0) is 18.6 Å². The molecule has 2 aliphatic rings. The van der Waals surface area contributed by atoms with Crippen LogP contribution in [0.4, 0.5) is 10.5 Å². The monoisotopic (exact) mass is 382 g/mol. The van der Waals surface area contributed by atoms with E-state index in [0.717, 1.165) is 6.21 Å². The van der Waals surface area contributed by atoms with Crippen molar-refractivity contribution in [2.45, 2.75) is 12.5 Å². The number of amides is 3. The van der Waals surface area contributed by atoms with Gasteiger partial charge in [-0.3, -0.25) is 14.9 Å². The predicted octanol–water partition coefficient (Wildman–Crippen LogP) is 2.12. The molecule has 1 N–H and O–H groups in total. The molecule has 0 unspecified atom stereocenters. The first kappa shape index (κ1) is 17.5. The van der Waals surface area contributed by atoms with Crippen LogP contribution in [0.2, 0.25) is 0 Å². The Kier molecular flexibility index (Phi) is 3.95. The van der Waals surface area contributed by atoms with Crippen LogP contribution in [-0.2, 0) is 10.3 Å². The third-order valence-corrected chi connectivity index (χ3v) is 4.55. The van der Waals surface area contributed by atoms with Crippen LogP contribution in [0.25, 0.3) is 0 Å². The van der Waals surface area contributed by atoms with E-state index in [2.05, 4.69) is 10.4 Å². The summed E-state index contributed by atoms with van der Waals surface area (Å²) in [6, 6.07) is 10.6. The average molecular weight is 382 g/mol. The number of urea groups is 1. The molecule has 2 aromatic carbocycles. The summed E-state index contributed by atoms with van der Waals surface area (Å²) in [5.74, 6) is -0.0304. The number of carbonyl (C=O) groups excluding carboxylic acids is 2. The Labute approximate surface area is 158 Å². The van der Waals surface area contributed by atoms with E-state index >= 15 is 0 Å². The number of nitro benzene ring substituents is 1. The molecular formula is C18H14N4O6. The SMILES string of the molecule is C[C@@]1(c2ccccc2)NC(=O)N(/N=C\c2cc3c(cc2[N+](=O)[O-])OCO3)C1=O. The van der Waals surface area contributed by atoms with E-state index in [9.17, 15) is 19.7 Å². The summed E-state index contributed by atoms with van der Waals surface area (Å²) in [5, 5.41) is 18.5. The molecule has 0 saturated carbocycles. The molecule has 0 aromatic heterocycles. The molecule has 0 radical (unpaired) electrons. The number of benzene rings is 2. The Morgan fingerprint density at radius 3 is 2.57 bits per heavy atom. The second-order valence-corrected chi connectivity index (χ2v) is 6.30. The summed E-state index contributed by atoms with van der Waals surface area (Å²) in [6.45, 7) is 1.52. The lowest BCUT2D eigenvalue weighted by Crippen LogP contribution is -2.40. The van der Waals surface area contributed by atoms with Gasteiger partial charge in [0.2, 0.25) is 6.79 Å². The van der Waals surface area contributed by atoms with Gasteiger partial charge in [-0.25, -0.2) is 4.79 Å². The van der Waals surface area contributed by atoms with E-state index in [-0.39, 0.29) is 23.8 Å². The average Bonchev–Trinajstić information content (AvgIpc) is 3.23. The van der Waals surface area contributed by atoms with Crippen molar-refractivity contribution >= 4 is 23.8 Å². The minimum Gasteiger partial charge on any atom is -0.454 e. The molecule has 28 heavy (non-hydrogen) atoms. The number of nitrogens with zero attached hydrogens (tertiary/aromatic N) is 3. The molecule has 3 amide bonds. The molecule has 1 fully saturated rings. The van der Waals surface area contributed by atoms with Gasteiger partial charge < -0.3 is 14.8 Å². The number of hydrazone groups is 1. The highest BCUT2D eigenvalue weighted by atomic mass is 16.7. The van der Waals surface area contributed by atoms with Crippen molar-refractivity contribution in [3.63, 3.8) is 0 Å². The van der Waals surface area contributed by atoms with E-state index in [1.54, 1.807) is 37.3 Å². The fraction of sp³-hybridized carbons (Fsp3) is 0.167. The molecule has 2 heterocycles. The lowest BCUT2D eigenvalue weighted by Gasteiger charge is -2.20. The molecule has 1 saturated heterocycles. The predicted molar refractivity (Wildman–Crippen MR) is 96.0 cm³/mol. The van der Waals surface area contributed by atoms with E-state index in [1.165, 1.54) is 12.1 Å². The minimum atomic E-state index is -1.28. The Balaban J connectivity index is 1.66. The van der Waals surface area contributed by atoms with Gasteiger partial charge in [0.25, 0.3) is 11.6 Å². The van der Waals surface area contributed by atoms with Crippen LogP contribution >= 0.6 is 0 Å². The van der Waals surface area contributed by atoms with Crippen molar-refractivity contribution in [1.29, 1.82) is 0 Å². The first-order valence-electron chi connectivity index (χ1n) is 8.24. The Morgan fingerprint density at radius 1 is 1.21 bits per heavy atom. The zero-order valence-corrected chi connectivity index (χ0v) is 14.6. The smallest absolute Gasteiger partial charge is 0.346 e. The summed E-state index contributed by atoms with van der Waals surface area (Å²) in [4.78, 5) is 35.8. The van der Waals surface area contributed by atoms with E-state index in [4.69, 9.17) is 9.47 Å². The number of imide groups is 1. The van der Waals surface area contributed by atoms with E-state index in [0.29, 0.717) is 16.3 Å². The molecule has 0 bridgehead atoms. The molecule has 2 aromatic rings. The highest BCUT2D eigenvalue weighted by Crippen LogP contribution is 2.37. The van der Waals surface area contributed by atoms with Crippen LogP contribution in [0.3, 0.4) is 0 Å². The highest BCUT2D eigenvalue weighted by molar-refractivity contribution is 6.07. The van der Waals surface area contributed by atoms with Gasteiger partial charge in [0.1, 0.15) is 5.54 Å². The van der Waals surface area contributed by atoms with Gasteiger partial charge in [-0.15, -0.1) is 5.01 Å². The number of ether oxygens (including phenoxy) is 2. The largest absolute Gasteiger partial charge is 0.454 e. The van der Waals surface area contributed by atoms with E-state index < -0.39 is 22.4 Å². The van der Waals surface area contributed by atoms with Gasteiger partial charge in [0.05, 0.1) is 22.8 Å². The molecule has 10 nitrogen and oxygen atoms in total. The molecule has 0 spiro atoms. The van der Waals surface area contributed by atoms with Crippen LogP contribution < -0.4 is 14.8 Å². The minimum absolute atomic E-state index is 0.0461. The molecule has 4 rings (SSSR count). The summed E-state index contributed by atoms with van der Waals surface area (Å²) in [5.41, 5.74) is -0.898. The second kappa shape index (κ2) is 6.34. The third kappa shape index (κ3) is 2.71. The summed E-state index contributed by atoms with van der Waals surface area (Å²) >= 11 is 0. The summed E-state index contributed by atoms with van der Waals surface area (Å²) < 4.78 is 10.3. The molecule has 0 aliphatic carbocycles. The Hall–Kier alpha value is -3.95. The van der Waals surface area contributed by atoms with Crippen molar-refractivity contribution in [1.82, 2.24) is 10.3 Å². The second-order valence-electron chi connectivity index (χ2n) is 6.30. The van der Waals surface area contributed by atoms with Crippen molar-refractivity contribution in [3.8, 4) is 11.5 Å². The maximum atomic E-state index is 12.8. The highest BCUT2D eigenvalue weighted by Gasteiger charge is 2.49. The number of hydrogen-bond donors (Lipinski definition) is 1. The van der Waals surface area contributed by atoms with Crippen LogP contribution in [-0.4, -0.2) is 34.9 Å². The summed E-state index contributed by atoms with van der Waals surface area (Å²) in [7, 11) is 0. The molecule has 142 valence electrons. The van der Waals surface area contributed by atoms with Crippen LogP contribution in [0.1, 0.15) is 18.1 Å². The van der Waals surface area contributed by atoms with Crippen molar-refractivity contribution in [2.75, 3.05) is 6.79 Å². The molecule has 2 aliphatic heterocycles. The quantitative estimate of drug-likeness (QED) is 0.374. The van der Waals surface area contributed by atoms with Gasteiger partial charge >= 0.3 is 6.03 Å². The molecule has 1 atom stereocenters. The van der Waals surface area contributed by atoms with Gasteiger partial charge in [0.15, 0.2) is 11.5 Å². The number of rotatable bonds is 4. The lowest BCUT2D eigenvalue weighted by molar-refractivity contribution is -0.385. The van der Waals surface area contributed by atoms with Gasteiger partial charge in [-0.1, -0.05) is 30.3 Å². The first-order valence-corrected chi connectivity index (χ1v) is 8.24. The number of nitro groups is 1. The normalized spacial score (nSPS) is 20.7. The number of fused-ring (bicyclic) bond motifs is 1. The van der Waals surface area contributed by atoms with Gasteiger partial charge in [-0.2, -0.15) is 5.10 Å². The Bertz CT molecular complexity index is 1020. The van der Waals surface area contributed by atoms with Crippen LogP contribution in [0.5, 0.6) is 11.5 Å². The van der Waals surface area contributed by atoms with Crippen molar-refractivity contribution < 1.29 is 24.0 Å². The lowest BCUT2D eigenvalue weighted by atomic mass is 9.92. The first-order chi connectivity index (χ1) is 13.4. The van der Waals surface area contributed by atoms with E-state index in [1.807, 2.05) is 0 Å². The zero-order chi connectivity index (χ0) is 19.9. The standard InChI is InChI=1S/C18H14N4O6/c1-18(12-5-3-2-4-6-12)16(23)21(17(24)20-18)19-9-11-7-14-15(28-10-27-14)8-13(11)22(25)26/h2-9H,10H2,1H3,(H,20,24)/b19-9-/t18-/m0/s1. The van der Waals surface area contributed by atoms with Gasteiger partial charge in [0, 0.05) is 0 Å². The number of nitrogens with one attached hydrogen (secondary N) is 1. The Morgan fingerprint density at radius 2 is 1.89 bits per heavy atom. The maximum Gasteiger partial charge on any atom is 0.346 e. The van der Waals surface area contributed by atoms with Crippen molar-refractivity contribution in [3.05, 3.63) is 63.7 Å². The van der Waals surface area contributed by atoms with Crippen LogP contribution in [0, 0.1) is 10.1 Å². The number of carbonyl (C=O) groups is 2. The fourth-order valence-corrected chi connectivity index (χ4v) is 3.02. The van der Waals surface area contributed by atoms with Crippen LogP contribution in [0.15, 0.2) is 47.6 Å².